The summed E-state index contributed by atoms with van der Waals surface area (Å²) in [6, 6.07) is 16.1. The summed E-state index contributed by atoms with van der Waals surface area (Å²) in [6.45, 7) is 0.550. The van der Waals surface area contributed by atoms with Crippen LogP contribution in [0.1, 0.15) is 7.85 Å². The fraction of sp³-hybridized carbons (Fsp3) is 0.200. The van der Waals surface area contributed by atoms with Gasteiger partial charge in [-0.15, -0.1) is 0 Å². The third-order valence-corrected chi connectivity index (χ3v) is 5.25. The van der Waals surface area contributed by atoms with Gasteiger partial charge in [-0.05, 0) is 30.7 Å². The molecule has 7 heteroatoms. The van der Waals surface area contributed by atoms with Crippen LogP contribution in [0.3, 0.4) is 0 Å². The number of hydrogen-bond acceptors (Lipinski definition) is 4. The summed E-state index contributed by atoms with van der Waals surface area (Å²) in [6.07, 6.45) is 0.381. The van der Waals surface area contributed by atoms with E-state index in [9.17, 15) is 8.42 Å². The average molecular weight is 345 g/mol. The van der Waals surface area contributed by atoms with Crippen molar-refractivity contribution in [2.75, 3.05) is 17.2 Å². The molecule has 0 spiro atoms. The smallest absolute Gasteiger partial charge is 1.00 e. The Morgan fingerprint density at radius 2 is 1.50 bits per heavy atom. The Labute approximate surface area is 158 Å². The summed E-state index contributed by atoms with van der Waals surface area (Å²) in [7, 11) is -3.91. The summed E-state index contributed by atoms with van der Waals surface area (Å²) in [5.41, 5.74) is 2.16. The molecule has 1 N–H and O–H groups in total. The molecule has 22 heavy (non-hydrogen) atoms. The zero-order chi connectivity index (χ0) is 14.9. The van der Waals surface area contributed by atoms with E-state index in [-0.39, 0.29) is 36.7 Å². The molecule has 1 aliphatic rings. The average Bonchev–Trinajstić information content (AvgIpc) is 2.45. The van der Waals surface area contributed by atoms with Crippen LogP contribution in [0.25, 0.3) is 0 Å². The van der Waals surface area contributed by atoms with Gasteiger partial charge in [-0.2, -0.15) is 8.42 Å². The number of fused-ring (bicyclic) bond motifs is 2. The molecule has 1 heterocycles. The molecule has 0 saturated carbocycles. The second-order valence-electron chi connectivity index (χ2n) is 4.83. The van der Waals surface area contributed by atoms with E-state index in [1.54, 1.807) is 11.8 Å². The van der Waals surface area contributed by atoms with Gasteiger partial charge in [0.15, 0.2) is 0 Å². The molecule has 0 fully saturated rings. The fourth-order valence-corrected chi connectivity index (χ4v) is 4.02. The van der Waals surface area contributed by atoms with Crippen LogP contribution in [0.15, 0.2) is 58.3 Å². The second kappa shape index (κ2) is 7.38. The molecule has 4 nitrogen and oxygen atoms in total. The summed E-state index contributed by atoms with van der Waals surface area (Å²) in [4.78, 5) is 4.43. The van der Waals surface area contributed by atoms with Crippen molar-refractivity contribution in [3.8, 4) is 0 Å². The first-order chi connectivity index (χ1) is 10.0. The minimum atomic E-state index is -3.91. The van der Waals surface area contributed by atoms with Crippen molar-refractivity contribution in [3.05, 3.63) is 48.5 Å². The van der Waals surface area contributed by atoms with Gasteiger partial charge < -0.3 is 6.33 Å². The maximum absolute atomic E-state index is 10.9. The van der Waals surface area contributed by atoms with E-state index in [2.05, 4.69) is 17.0 Å². The molecular weight excluding hydrogens is 329 g/mol. The number of rotatable bonds is 4. The third kappa shape index (κ3) is 4.07. The minimum Gasteiger partial charge on any atom is -1.00 e. The Hall–Kier alpha value is -0.500. The van der Waals surface area contributed by atoms with Gasteiger partial charge in [0.2, 0.25) is 0 Å². The number of nitrogens with zero attached hydrogens (tertiary/aromatic N) is 1. The summed E-state index contributed by atoms with van der Waals surface area (Å²) >= 11 is 1.72. The molecule has 2 aromatic carbocycles. The molecule has 112 valence electrons. The summed E-state index contributed by atoms with van der Waals surface area (Å²) in [5, 5.41) is 0. The normalized spacial score (nSPS) is 13.0. The van der Waals surface area contributed by atoms with Crippen LogP contribution in [0.5, 0.6) is 0 Å². The molecule has 0 amide bonds. The van der Waals surface area contributed by atoms with Crippen LogP contribution >= 0.6 is 11.8 Å². The molecule has 3 rings (SSSR count). The quantitative estimate of drug-likeness (QED) is 0.652. The van der Waals surface area contributed by atoms with E-state index in [1.165, 1.54) is 0 Å². The molecule has 0 saturated heterocycles. The molecule has 0 aromatic heterocycles. The number of hydrogen-bond donors (Lipinski definition) is 1. The third-order valence-electron chi connectivity index (χ3n) is 3.32. The molecule has 2 aromatic rings. The van der Waals surface area contributed by atoms with Gasteiger partial charge in [0.1, 0.15) is 0 Å². The molecule has 0 atom stereocenters. The van der Waals surface area contributed by atoms with E-state index < -0.39 is 10.1 Å². The first-order valence-corrected chi connectivity index (χ1v) is 9.06. The van der Waals surface area contributed by atoms with Crippen LogP contribution in [0, 0.1) is 0 Å². The standard InChI is InChI=1S/C15H15NO3S2.Na.H/c17-21(18,19)11-5-10-16-12-6-1-3-8-14(12)20-15-9-4-2-7-13(15)16;;/h1-4,6-9H,5,10-11H2,(H,17,18,19);;/q;+1;-1. The van der Waals surface area contributed by atoms with Gasteiger partial charge in [-0.3, -0.25) is 4.55 Å². The molecule has 0 unspecified atom stereocenters. The zero-order valence-corrected chi connectivity index (χ0v) is 15.9. The maximum atomic E-state index is 10.9. The van der Waals surface area contributed by atoms with E-state index in [0.29, 0.717) is 13.0 Å². The Balaban J connectivity index is 0.00000132. The van der Waals surface area contributed by atoms with Crippen molar-refractivity contribution in [1.29, 1.82) is 0 Å². The van der Waals surface area contributed by atoms with E-state index in [1.807, 2.05) is 36.4 Å². The van der Waals surface area contributed by atoms with Gasteiger partial charge >= 0.3 is 29.6 Å². The van der Waals surface area contributed by atoms with Gasteiger partial charge in [0, 0.05) is 16.3 Å². The molecule has 0 aliphatic carbocycles. The number of benzene rings is 2. The molecule has 0 bridgehead atoms. The van der Waals surface area contributed by atoms with Crippen LogP contribution in [0.4, 0.5) is 11.4 Å². The maximum Gasteiger partial charge on any atom is 1.00 e. The van der Waals surface area contributed by atoms with Gasteiger partial charge in [0.25, 0.3) is 10.1 Å². The van der Waals surface area contributed by atoms with Crippen molar-refractivity contribution in [2.45, 2.75) is 16.2 Å². The van der Waals surface area contributed by atoms with Crippen LogP contribution in [0.2, 0.25) is 0 Å². The predicted molar refractivity (Wildman–Crippen MR) is 86.2 cm³/mol. The van der Waals surface area contributed by atoms with Crippen molar-refractivity contribution in [3.63, 3.8) is 0 Å². The SMILES string of the molecule is O=S(=O)(O)CCCN1c2ccccc2Sc2ccccc21.[H-].[Na+]. The summed E-state index contributed by atoms with van der Waals surface area (Å²) in [5.74, 6) is -0.221. The monoisotopic (exact) mass is 345 g/mol. The number of anilines is 2. The largest absolute Gasteiger partial charge is 1.00 e. The van der Waals surface area contributed by atoms with Gasteiger partial charge in [-0.25, -0.2) is 0 Å². The minimum absolute atomic E-state index is 0. The first kappa shape index (κ1) is 17.8. The summed E-state index contributed by atoms with van der Waals surface area (Å²) < 4.78 is 30.7. The van der Waals surface area contributed by atoms with E-state index in [0.717, 1.165) is 21.2 Å². The van der Waals surface area contributed by atoms with Crippen LogP contribution < -0.4 is 34.5 Å². The zero-order valence-electron chi connectivity index (χ0n) is 13.3. The Bertz CT molecular complexity index is 725. The Morgan fingerprint density at radius 1 is 1.00 bits per heavy atom. The van der Waals surface area contributed by atoms with Gasteiger partial charge in [-0.1, -0.05) is 36.0 Å². The van der Waals surface area contributed by atoms with E-state index in [4.69, 9.17) is 4.55 Å². The van der Waals surface area contributed by atoms with Crippen molar-refractivity contribution in [1.82, 2.24) is 0 Å². The topological polar surface area (TPSA) is 57.6 Å². The van der Waals surface area contributed by atoms with E-state index >= 15 is 0 Å². The van der Waals surface area contributed by atoms with Gasteiger partial charge in [0.05, 0.1) is 17.1 Å². The van der Waals surface area contributed by atoms with Crippen molar-refractivity contribution in [2.24, 2.45) is 0 Å². The van der Waals surface area contributed by atoms with Crippen LogP contribution in [-0.2, 0) is 10.1 Å². The molecular formula is C15H16NNaO3S2. The Morgan fingerprint density at radius 3 is 2.00 bits per heavy atom. The molecule has 1 aliphatic heterocycles. The van der Waals surface area contributed by atoms with Crippen molar-refractivity contribution < 1.29 is 44.0 Å². The molecule has 0 radical (unpaired) electrons. The second-order valence-corrected chi connectivity index (χ2v) is 7.48. The predicted octanol–water partition coefficient (Wildman–Crippen LogP) is 0.684. The first-order valence-electron chi connectivity index (χ1n) is 6.63. The van der Waals surface area contributed by atoms with Crippen molar-refractivity contribution >= 4 is 33.3 Å². The Kier molecular flexibility index (Phi) is 5.99. The van der Waals surface area contributed by atoms with Crippen LogP contribution in [-0.4, -0.2) is 25.3 Å². The number of para-hydroxylation sites is 2. The fourth-order valence-electron chi connectivity index (χ4n) is 2.43.